The van der Waals surface area contributed by atoms with Gasteiger partial charge < -0.3 is 25.2 Å². The second-order valence-corrected chi connectivity index (χ2v) is 6.06. The maximum absolute atomic E-state index is 11.8. The molecule has 0 saturated carbocycles. The number of amides is 1. The molecule has 1 amide bonds. The molecule has 0 spiro atoms. The molecule has 1 aliphatic rings. The van der Waals surface area contributed by atoms with Gasteiger partial charge in [-0.2, -0.15) is 0 Å². The average molecular weight is 350 g/mol. The molecule has 8 heteroatoms. The monoisotopic (exact) mass is 350 g/mol. The van der Waals surface area contributed by atoms with Gasteiger partial charge in [-0.25, -0.2) is 4.79 Å². The molecule has 0 atom stereocenters. The van der Waals surface area contributed by atoms with Gasteiger partial charge in [0.1, 0.15) is 0 Å². The topological polar surface area (TPSA) is 73.9 Å². The Morgan fingerprint density at radius 2 is 1.88 bits per heavy atom. The maximum Gasteiger partial charge on any atom is 0.337 e. The molecule has 2 N–H and O–H groups in total. The third-order valence-corrected chi connectivity index (χ3v) is 4.00. The van der Waals surface area contributed by atoms with Crippen LogP contribution in [0.15, 0.2) is 18.2 Å². The van der Waals surface area contributed by atoms with Gasteiger partial charge in [0.2, 0.25) is 5.91 Å². The number of nitrogens with one attached hydrogen (secondary N) is 2. The Labute approximate surface area is 146 Å². The van der Waals surface area contributed by atoms with Crippen molar-refractivity contribution in [2.24, 2.45) is 0 Å². The molecular formula is C16H22N4O3S. The Bertz CT molecular complexity index is 642. The summed E-state index contributed by atoms with van der Waals surface area (Å²) in [4.78, 5) is 27.4. The number of esters is 1. The molecule has 1 fully saturated rings. The van der Waals surface area contributed by atoms with E-state index in [1.807, 2.05) is 6.07 Å². The number of methoxy groups -OCH3 is 1. The summed E-state index contributed by atoms with van der Waals surface area (Å²) in [6, 6.07) is 5.29. The third kappa shape index (κ3) is 4.65. The highest BCUT2D eigenvalue weighted by Crippen LogP contribution is 2.28. The third-order valence-electron chi connectivity index (χ3n) is 3.80. The number of nitrogens with zero attached hydrogens (tertiary/aromatic N) is 2. The first-order chi connectivity index (χ1) is 11.4. The minimum atomic E-state index is -0.423. The molecule has 0 aliphatic carbocycles. The molecule has 0 unspecified atom stereocenters. The van der Waals surface area contributed by atoms with E-state index in [9.17, 15) is 9.59 Å². The number of hydrogen-bond acceptors (Lipinski definition) is 6. The van der Waals surface area contributed by atoms with Crippen molar-refractivity contribution in [3.63, 3.8) is 0 Å². The van der Waals surface area contributed by atoms with E-state index in [0.717, 1.165) is 31.9 Å². The Balaban J connectivity index is 2.29. The van der Waals surface area contributed by atoms with Crippen LogP contribution in [0, 0.1) is 0 Å². The lowest BCUT2D eigenvalue weighted by Gasteiger charge is -2.35. The number of carbonyl (C=O) groups is 2. The number of ether oxygens (including phenoxy) is 1. The minimum Gasteiger partial charge on any atom is -0.465 e. The van der Waals surface area contributed by atoms with E-state index in [2.05, 4.69) is 27.5 Å². The van der Waals surface area contributed by atoms with Crippen molar-refractivity contribution in [3.8, 4) is 0 Å². The zero-order valence-corrected chi connectivity index (χ0v) is 14.9. The molecule has 1 aromatic carbocycles. The van der Waals surface area contributed by atoms with Gasteiger partial charge in [0.15, 0.2) is 5.11 Å². The molecule has 1 aromatic rings. The molecular weight excluding hydrogens is 328 g/mol. The molecule has 1 aliphatic heterocycles. The van der Waals surface area contributed by atoms with Crippen LogP contribution >= 0.6 is 12.2 Å². The molecule has 24 heavy (non-hydrogen) atoms. The highest BCUT2D eigenvalue weighted by molar-refractivity contribution is 7.80. The summed E-state index contributed by atoms with van der Waals surface area (Å²) < 4.78 is 4.77. The lowest BCUT2D eigenvalue weighted by atomic mass is 10.1. The van der Waals surface area contributed by atoms with Crippen molar-refractivity contribution in [1.82, 2.24) is 10.2 Å². The van der Waals surface area contributed by atoms with Gasteiger partial charge in [-0.15, -0.1) is 0 Å². The van der Waals surface area contributed by atoms with E-state index >= 15 is 0 Å². The van der Waals surface area contributed by atoms with Crippen LogP contribution in [0.1, 0.15) is 17.3 Å². The Morgan fingerprint density at radius 1 is 1.21 bits per heavy atom. The van der Waals surface area contributed by atoms with Crippen molar-refractivity contribution >= 4 is 40.6 Å². The van der Waals surface area contributed by atoms with Crippen molar-refractivity contribution < 1.29 is 14.3 Å². The molecule has 130 valence electrons. The predicted octanol–water partition coefficient (Wildman–Crippen LogP) is 1.06. The Morgan fingerprint density at radius 3 is 2.46 bits per heavy atom. The number of rotatable bonds is 3. The zero-order valence-electron chi connectivity index (χ0n) is 14.1. The van der Waals surface area contributed by atoms with Crippen molar-refractivity contribution in [3.05, 3.63) is 23.8 Å². The molecule has 1 heterocycles. The van der Waals surface area contributed by atoms with Crippen LogP contribution in [-0.4, -0.2) is 62.2 Å². The highest BCUT2D eigenvalue weighted by Gasteiger charge is 2.19. The van der Waals surface area contributed by atoms with Crippen molar-refractivity contribution in [2.45, 2.75) is 6.92 Å². The standard InChI is InChI=1S/C16H22N4O3S/c1-11(21)17-16(24)18-13-10-12(15(22)23-3)4-5-14(13)20-8-6-19(2)7-9-20/h4-5,10H,6-9H2,1-3H3,(H2,17,18,21,24). The first kappa shape index (κ1) is 18.2. The van der Waals surface area contributed by atoms with Crippen LogP contribution in [0.2, 0.25) is 0 Å². The lowest BCUT2D eigenvalue weighted by molar-refractivity contribution is -0.117. The predicted molar refractivity (Wildman–Crippen MR) is 97.5 cm³/mol. The molecule has 0 aromatic heterocycles. The summed E-state index contributed by atoms with van der Waals surface area (Å²) in [6.45, 7) is 5.04. The summed E-state index contributed by atoms with van der Waals surface area (Å²) in [5, 5.41) is 5.73. The van der Waals surface area contributed by atoms with Gasteiger partial charge in [0.25, 0.3) is 0 Å². The second-order valence-electron chi connectivity index (χ2n) is 5.65. The van der Waals surface area contributed by atoms with Crippen LogP contribution in [0.3, 0.4) is 0 Å². The lowest BCUT2D eigenvalue weighted by Crippen LogP contribution is -2.45. The molecule has 7 nitrogen and oxygen atoms in total. The summed E-state index contributed by atoms with van der Waals surface area (Å²) in [6.07, 6.45) is 0. The van der Waals surface area contributed by atoms with E-state index in [0.29, 0.717) is 11.3 Å². The van der Waals surface area contributed by atoms with E-state index in [-0.39, 0.29) is 11.0 Å². The normalized spacial score (nSPS) is 14.9. The van der Waals surface area contributed by atoms with E-state index < -0.39 is 5.97 Å². The Hall–Kier alpha value is -2.19. The molecule has 2 rings (SSSR count). The van der Waals surface area contributed by atoms with Gasteiger partial charge >= 0.3 is 5.97 Å². The average Bonchev–Trinajstić information content (AvgIpc) is 2.54. The van der Waals surface area contributed by atoms with Gasteiger partial charge in [0.05, 0.1) is 24.0 Å². The van der Waals surface area contributed by atoms with E-state index in [1.165, 1.54) is 14.0 Å². The second kappa shape index (κ2) is 8.07. The zero-order chi connectivity index (χ0) is 17.7. The van der Waals surface area contributed by atoms with E-state index in [4.69, 9.17) is 17.0 Å². The summed E-state index contributed by atoms with van der Waals surface area (Å²) in [5.41, 5.74) is 2.02. The maximum atomic E-state index is 11.8. The molecule has 0 radical (unpaired) electrons. The first-order valence-corrected chi connectivity index (χ1v) is 8.06. The quantitative estimate of drug-likeness (QED) is 0.624. The SMILES string of the molecule is COC(=O)c1ccc(N2CCN(C)CC2)c(NC(=S)NC(C)=O)c1. The fraction of sp³-hybridized carbons (Fsp3) is 0.438. The minimum absolute atomic E-state index is 0.194. The van der Waals surface area contributed by atoms with Gasteiger partial charge in [0, 0.05) is 33.1 Å². The summed E-state index contributed by atoms with van der Waals surface area (Å²) in [5.74, 6) is -0.675. The largest absolute Gasteiger partial charge is 0.465 e. The van der Waals surface area contributed by atoms with Crippen LogP contribution in [0.5, 0.6) is 0 Å². The number of piperazine rings is 1. The summed E-state index contributed by atoms with van der Waals surface area (Å²) >= 11 is 5.14. The first-order valence-electron chi connectivity index (χ1n) is 7.65. The number of thiocarbonyl (C=S) groups is 1. The van der Waals surface area contributed by atoms with Gasteiger partial charge in [-0.3, -0.25) is 4.79 Å². The number of hydrogen-bond donors (Lipinski definition) is 2. The van der Waals surface area contributed by atoms with Gasteiger partial charge in [-0.05, 0) is 37.5 Å². The van der Waals surface area contributed by atoms with E-state index in [1.54, 1.807) is 12.1 Å². The fourth-order valence-electron chi connectivity index (χ4n) is 2.52. The molecule has 1 saturated heterocycles. The smallest absolute Gasteiger partial charge is 0.337 e. The number of likely N-dealkylation sites (N-methyl/N-ethyl adjacent to an activating group) is 1. The highest BCUT2D eigenvalue weighted by atomic mass is 32.1. The van der Waals surface area contributed by atoms with Crippen molar-refractivity contribution in [1.29, 1.82) is 0 Å². The van der Waals surface area contributed by atoms with Crippen LogP contribution in [0.4, 0.5) is 11.4 Å². The van der Waals surface area contributed by atoms with Crippen LogP contribution < -0.4 is 15.5 Å². The number of benzene rings is 1. The molecule has 0 bridgehead atoms. The van der Waals surface area contributed by atoms with Crippen LogP contribution in [0.25, 0.3) is 0 Å². The summed E-state index contributed by atoms with van der Waals surface area (Å²) in [7, 11) is 3.43. The van der Waals surface area contributed by atoms with Gasteiger partial charge in [-0.1, -0.05) is 0 Å². The Kier molecular flexibility index (Phi) is 6.10. The van der Waals surface area contributed by atoms with Crippen molar-refractivity contribution in [2.75, 3.05) is 50.6 Å². The number of anilines is 2. The fourth-order valence-corrected chi connectivity index (χ4v) is 2.77. The number of carbonyl (C=O) groups excluding carboxylic acids is 2. The van der Waals surface area contributed by atoms with Crippen LogP contribution in [-0.2, 0) is 9.53 Å².